The number of carbonyl (C=O) groups is 1. The van der Waals surface area contributed by atoms with E-state index in [0.717, 1.165) is 33.3 Å². The minimum Gasteiger partial charge on any atom is -0.459 e. The van der Waals surface area contributed by atoms with Crippen LogP contribution >= 0.6 is 0 Å². The first kappa shape index (κ1) is 22.5. The van der Waals surface area contributed by atoms with Gasteiger partial charge in [0.1, 0.15) is 11.2 Å². The van der Waals surface area contributed by atoms with Crippen molar-refractivity contribution in [2.45, 2.75) is 13.8 Å². The third-order valence-corrected chi connectivity index (χ3v) is 6.44. The van der Waals surface area contributed by atoms with Gasteiger partial charge in [-0.2, -0.15) is 5.10 Å². The van der Waals surface area contributed by atoms with Crippen LogP contribution in [0, 0.1) is 0 Å². The number of benzene rings is 2. The number of nitrogens with one attached hydrogen (secondary N) is 3. The number of hydrogen-bond donors (Lipinski definition) is 3. The van der Waals surface area contributed by atoms with Gasteiger partial charge in [-0.05, 0) is 43.7 Å². The van der Waals surface area contributed by atoms with Gasteiger partial charge in [-0.25, -0.2) is 9.97 Å². The Morgan fingerprint density at radius 2 is 1.78 bits per heavy atom. The molecule has 4 aromatic heterocycles. The number of nitrogens with zero attached hydrogens (tertiary/aromatic N) is 4. The van der Waals surface area contributed by atoms with Crippen molar-refractivity contribution in [1.29, 1.82) is 0 Å². The number of fused-ring (bicyclic) bond motifs is 2. The average molecular weight is 492 g/mol. The van der Waals surface area contributed by atoms with Gasteiger partial charge >= 0.3 is 0 Å². The molecule has 0 aliphatic heterocycles. The molecule has 0 fully saturated rings. The van der Waals surface area contributed by atoms with Gasteiger partial charge in [0.2, 0.25) is 0 Å². The summed E-state index contributed by atoms with van der Waals surface area (Å²) in [6, 6.07) is 17.6. The molecule has 4 heterocycles. The molecule has 0 radical (unpaired) electrons. The molecule has 0 aliphatic carbocycles. The monoisotopic (exact) mass is 491 g/mol. The first-order chi connectivity index (χ1) is 18.1. The van der Waals surface area contributed by atoms with Crippen LogP contribution in [0.5, 0.6) is 0 Å². The molecule has 9 heteroatoms. The Morgan fingerprint density at radius 1 is 0.973 bits per heavy atom. The van der Waals surface area contributed by atoms with Crippen molar-refractivity contribution in [2.24, 2.45) is 0 Å². The van der Waals surface area contributed by atoms with Crippen molar-refractivity contribution in [3.05, 3.63) is 78.9 Å². The predicted molar refractivity (Wildman–Crippen MR) is 144 cm³/mol. The van der Waals surface area contributed by atoms with E-state index in [4.69, 9.17) is 14.4 Å². The zero-order valence-electron chi connectivity index (χ0n) is 20.4. The van der Waals surface area contributed by atoms with E-state index >= 15 is 0 Å². The minimum absolute atomic E-state index is 0.0101. The van der Waals surface area contributed by atoms with Crippen LogP contribution in [0.3, 0.4) is 0 Å². The molecule has 1 amide bonds. The molecule has 184 valence electrons. The SMILES string of the molecule is CCN(CC)C(=O)c1cc2ccc(-c3nc(Nc4ccc(-c5cn[nH]c5)cc4)c4occc4n3)cc2[nH]1. The van der Waals surface area contributed by atoms with Crippen LogP contribution in [0.4, 0.5) is 11.5 Å². The Bertz CT molecular complexity index is 1690. The van der Waals surface area contributed by atoms with Gasteiger partial charge in [0.15, 0.2) is 17.2 Å². The second kappa shape index (κ2) is 9.27. The smallest absolute Gasteiger partial charge is 0.270 e. The molecule has 0 aliphatic rings. The summed E-state index contributed by atoms with van der Waals surface area (Å²) >= 11 is 0. The van der Waals surface area contributed by atoms with Crippen LogP contribution in [0.25, 0.3) is 44.5 Å². The molecule has 3 N–H and O–H groups in total. The number of furan rings is 1. The van der Waals surface area contributed by atoms with E-state index in [9.17, 15) is 4.79 Å². The van der Waals surface area contributed by atoms with Gasteiger partial charge in [0.05, 0.1) is 12.5 Å². The van der Waals surface area contributed by atoms with Crippen LogP contribution in [0.1, 0.15) is 24.3 Å². The quantitative estimate of drug-likeness (QED) is 0.253. The van der Waals surface area contributed by atoms with Crippen molar-refractivity contribution in [1.82, 2.24) is 30.0 Å². The van der Waals surface area contributed by atoms with Gasteiger partial charge in [0.25, 0.3) is 5.91 Å². The first-order valence-corrected chi connectivity index (χ1v) is 12.2. The highest BCUT2D eigenvalue weighted by Gasteiger charge is 2.17. The van der Waals surface area contributed by atoms with Crippen LogP contribution in [0.15, 0.2) is 77.7 Å². The standard InChI is InChI=1S/C28H25N7O2/c1-3-35(4-2)28(36)24-13-18-5-6-19(14-23(18)32-24)26-33-22-11-12-37-25(22)27(34-26)31-21-9-7-17(8-10-21)20-15-29-30-16-20/h5-16,32H,3-4H2,1-2H3,(H,29,30)(H,31,33,34). The normalized spacial score (nSPS) is 11.3. The fraction of sp³-hybridized carbons (Fsp3) is 0.143. The third-order valence-electron chi connectivity index (χ3n) is 6.44. The molecule has 0 saturated heterocycles. The number of aromatic amines is 2. The molecular formula is C28H25N7O2. The minimum atomic E-state index is -0.0101. The highest BCUT2D eigenvalue weighted by molar-refractivity contribution is 5.99. The van der Waals surface area contributed by atoms with Gasteiger partial charge in [-0.1, -0.05) is 24.3 Å². The summed E-state index contributed by atoms with van der Waals surface area (Å²) in [4.78, 5) is 27.4. The number of H-pyrrole nitrogens is 2. The van der Waals surface area contributed by atoms with Gasteiger partial charge in [0, 0.05) is 53.1 Å². The summed E-state index contributed by atoms with van der Waals surface area (Å²) in [5, 5.41) is 11.2. The number of hydrogen-bond acceptors (Lipinski definition) is 6. The third kappa shape index (κ3) is 4.20. The second-order valence-electron chi connectivity index (χ2n) is 8.68. The molecule has 9 nitrogen and oxygen atoms in total. The van der Waals surface area contributed by atoms with Gasteiger partial charge in [-0.3, -0.25) is 9.89 Å². The lowest BCUT2D eigenvalue weighted by atomic mass is 10.1. The zero-order valence-corrected chi connectivity index (χ0v) is 20.4. The number of anilines is 2. The molecule has 37 heavy (non-hydrogen) atoms. The molecule has 6 aromatic rings. The maximum Gasteiger partial charge on any atom is 0.270 e. The second-order valence-corrected chi connectivity index (χ2v) is 8.68. The molecule has 2 aromatic carbocycles. The molecule has 0 atom stereocenters. The van der Waals surface area contributed by atoms with Crippen LogP contribution in [0.2, 0.25) is 0 Å². The highest BCUT2D eigenvalue weighted by Crippen LogP contribution is 2.30. The summed E-state index contributed by atoms with van der Waals surface area (Å²) in [6.07, 6.45) is 5.25. The lowest BCUT2D eigenvalue weighted by Gasteiger charge is -2.17. The van der Waals surface area contributed by atoms with Gasteiger partial charge in [-0.15, -0.1) is 0 Å². The number of amides is 1. The molecule has 0 saturated carbocycles. The van der Waals surface area contributed by atoms with Crippen LogP contribution in [-0.2, 0) is 0 Å². The molecule has 0 bridgehead atoms. The Labute approximate surface area is 212 Å². The van der Waals surface area contributed by atoms with E-state index in [0.29, 0.717) is 41.5 Å². The summed E-state index contributed by atoms with van der Waals surface area (Å²) in [5.41, 5.74) is 6.49. The van der Waals surface area contributed by atoms with Crippen LogP contribution < -0.4 is 5.32 Å². The van der Waals surface area contributed by atoms with Crippen LogP contribution in [-0.4, -0.2) is 49.0 Å². The molecular weight excluding hydrogens is 466 g/mol. The van der Waals surface area contributed by atoms with Crippen molar-refractivity contribution in [2.75, 3.05) is 18.4 Å². The summed E-state index contributed by atoms with van der Waals surface area (Å²) in [7, 11) is 0. The fourth-order valence-corrected chi connectivity index (χ4v) is 4.43. The van der Waals surface area contributed by atoms with E-state index in [1.807, 2.05) is 74.6 Å². The number of rotatable bonds is 7. The van der Waals surface area contributed by atoms with Gasteiger partial charge < -0.3 is 19.6 Å². The van der Waals surface area contributed by atoms with E-state index in [2.05, 4.69) is 20.5 Å². The van der Waals surface area contributed by atoms with E-state index in [1.165, 1.54) is 0 Å². The number of aromatic nitrogens is 5. The van der Waals surface area contributed by atoms with Crippen molar-refractivity contribution >= 4 is 39.4 Å². The molecule has 0 unspecified atom stereocenters. The maximum atomic E-state index is 12.8. The van der Waals surface area contributed by atoms with E-state index < -0.39 is 0 Å². The Kier molecular flexibility index (Phi) is 5.65. The maximum absolute atomic E-state index is 12.8. The zero-order chi connectivity index (χ0) is 25.4. The van der Waals surface area contributed by atoms with E-state index in [-0.39, 0.29) is 5.91 Å². The Morgan fingerprint density at radius 3 is 2.54 bits per heavy atom. The van der Waals surface area contributed by atoms with E-state index in [1.54, 1.807) is 17.4 Å². The summed E-state index contributed by atoms with van der Waals surface area (Å²) in [6.45, 7) is 5.28. The largest absolute Gasteiger partial charge is 0.459 e. The lowest BCUT2D eigenvalue weighted by Crippen LogP contribution is -2.30. The summed E-state index contributed by atoms with van der Waals surface area (Å²) in [5.74, 6) is 1.12. The first-order valence-electron chi connectivity index (χ1n) is 12.2. The highest BCUT2D eigenvalue weighted by atomic mass is 16.3. The van der Waals surface area contributed by atoms with Crippen molar-refractivity contribution in [3.8, 4) is 22.5 Å². The lowest BCUT2D eigenvalue weighted by molar-refractivity contribution is 0.0768. The number of carbonyl (C=O) groups excluding carboxylic acids is 1. The topological polar surface area (TPSA) is 116 Å². The molecule has 0 spiro atoms. The Hall–Kier alpha value is -4.92. The van der Waals surface area contributed by atoms with Crippen molar-refractivity contribution in [3.63, 3.8) is 0 Å². The molecule has 6 rings (SSSR count). The predicted octanol–water partition coefficient (Wildman–Crippen LogP) is 5.99. The fourth-order valence-electron chi connectivity index (χ4n) is 4.43. The summed E-state index contributed by atoms with van der Waals surface area (Å²) < 4.78 is 5.69. The van der Waals surface area contributed by atoms with Crippen molar-refractivity contribution < 1.29 is 9.21 Å². The Balaban J connectivity index is 1.33. The average Bonchev–Trinajstić information content (AvgIpc) is 3.70.